The summed E-state index contributed by atoms with van der Waals surface area (Å²) in [6, 6.07) is 61.2. The average Bonchev–Trinajstić information content (AvgIpc) is 3.74. The van der Waals surface area contributed by atoms with Crippen LogP contribution >= 0.6 is 0 Å². The molecule has 0 spiro atoms. The van der Waals surface area contributed by atoms with Crippen LogP contribution in [0.3, 0.4) is 0 Å². The van der Waals surface area contributed by atoms with E-state index in [4.69, 9.17) is 14.4 Å². The van der Waals surface area contributed by atoms with Crippen LogP contribution in [-0.2, 0) is 0 Å². The molecule has 0 aliphatic rings. The molecule has 4 heteroatoms. The molecule has 10 aromatic rings. The van der Waals surface area contributed by atoms with Crippen LogP contribution in [-0.4, -0.2) is 14.5 Å². The maximum atomic E-state index is 6.62. The van der Waals surface area contributed by atoms with Crippen molar-refractivity contribution in [2.75, 3.05) is 0 Å². The van der Waals surface area contributed by atoms with E-state index in [9.17, 15) is 0 Å². The SMILES string of the molecule is c1ccc(-c2cc(-c3ccccc3)nc(-c3cc(-c4cccc5c4c4ccccc4n5-c4ccccc4)c4c(c3)oc3ccccc34)n2)cc1. The van der Waals surface area contributed by atoms with Gasteiger partial charge in [0, 0.05) is 43.9 Å². The molecule has 3 heterocycles. The number of aromatic nitrogens is 3. The first-order valence-electron chi connectivity index (χ1n) is 16.8. The molecular formula is C46H29N3O. The maximum absolute atomic E-state index is 6.62. The zero-order valence-corrected chi connectivity index (χ0v) is 27.0. The predicted molar refractivity (Wildman–Crippen MR) is 205 cm³/mol. The maximum Gasteiger partial charge on any atom is 0.160 e. The van der Waals surface area contributed by atoms with Gasteiger partial charge in [0.05, 0.1) is 22.4 Å². The summed E-state index contributed by atoms with van der Waals surface area (Å²) in [5, 5.41) is 4.55. The summed E-state index contributed by atoms with van der Waals surface area (Å²) >= 11 is 0. The van der Waals surface area contributed by atoms with Crippen molar-refractivity contribution in [1.82, 2.24) is 14.5 Å². The second-order valence-electron chi connectivity index (χ2n) is 12.6. The lowest BCUT2D eigenvalue weighted by Gasteiger charge is -2.13. The summed E-state index contributed by atoms with van der Waals surface area (Å²) in [6.07, 6.45) is 0. The van der Waals surface area contributed by atoms with Crippen molar-refractivity contribution < 1.29 is 4.42 Å². The molecule has 10 rings (SSSR count). The minimum absolute atomic E-state index is 0.646. The molecule has 7 aromatic carbocycles. The van der Waals surface area contributed by atoms with Crippen molar-refractivity contribution >= 4 is 43.7 Å². The Balaban J connectivity index is 1.30. The van der Waals surface area contributed by atoms with Gasteiger partial charge in [-0.15, -0.1) is 0 Å². The minimum atomic E-state index is 0.646. The molecule has 0 saturated carbocycles. The number of rotatable bonds is 5. The molecule has 0 aliphatic carbocycles. The predicted octanol–water partition coefficient (Wildman–Crippen LogP) is 12.1. The molecule has 0 radical (unpaired) electrons. The van der Waals surface area contributed by atoms with Crippen molar-refractivity contribution in [2.24, 2.45) is 0 Å². The zero-order valence-electron chi connectivity index (χ0n) is 27.0. The van der Waals surface area contributed by atoms with Crippen molar-refractivity contribution in [3.63, 3.8) is 0 Å². The molecule has 0 fully saturated rings. The Kier molecular flexibility index (Phi) is 6.46. The smallest absolute Gasteiger partial charge is 0.160 e. The summed E-state index contributed by atoms with van der Waals surface area (Å²) in [6.45, 7) is 0. The Morgan fingerprint density at radius 1 is 0.400 bits per heavy atom. The number of furan rings is 1. The number of hydrogen-bond acceptors (Lipinski definition) is 3. The van der Waals surface area contributed by atoms with E-state index < -0.39 is 0 Å². The van der Waals surface area contributed by atoms with Gasteiger partial charge in [0.15, 0.2) is 5.82 Å². The standard InChI is InChI=1S/C46H29N3O/c1-4-15-30(16-5-1)38-29-39(31-17-6-2-7-18-31)48-46(47-38)32-27-37(45-36-22-11-13-26-42(36)50-43(45)28-32)34-23-14-25-41-44(34)35-21-10-12-24-40(35)49(41)33-19-8-3-9-20-33/h1-29H. The Morgan fingerprint density at radius 3 is 1.72 bits per heavy atom. The molecule has 4 nitrogen and oxygen atoms in total. The monoisotopic (exact) mass is 639 g/mol. The number of benzene rings is 7. The van der Waals surface area contributed by atoms with Crippen molar-refractivity contribution in [3.05, 3.63) is 176 Å². The van der Waals surface area contributed by atoms with E-state index >= 15 is 0 Å². The van der Waals surface area contributed by atoms with Gasteiger partial charge in [-0.3, -0.25) is 0 Å². The number of nitrogens with zero attached hydrogens (tertiary/aromatic N) is 3. The molecule has 0 unspecified atom stereocenters. The van der Waals surface area contributed by atoms with E-state index in [2.05, 4.69) is 132 Å². The fourth-order valence-electron chi connectivity index (χ4n) is 7.38. The summed E-state index contributed by atoms with van der Waals surface area (Å²) in [4.78, 5) is 10.4. The van der Waals surface area contributed by atoms with E-state index in [0.29, 0.717) is 5.82 Å². The van der Waals surface area contributed by atoms with Gasteiger partial charge in [-0.1, -0.05) is 127 Å². The first-order valence-corrected chi connectivity index (χ1v) is 16.8. The van der Waals surface area contributed by atoms with E-state index in [1.165, 1.54) is 10.8 Å². The van der Waals surface area contributed by atoms with Crippen LogP contribution in [0.15, 0.2) is 180 Å². The fraction of sp³-hybridized carbons (Fsp3) is 0. The average molecular weight is 640 g/mol. The van der Waals surface area contributed by atoms with Crippen LogP contribution in [0, 0.1) is 0 Å². The van der Waals surface area contributed by atoms with E-state index in [1.807, 2.05) is 48.5 Å². The third-order valence-electron chi connectivity index (χ3n) is 9.60. The summed E-state index contributed by atoms with van der Waals surface area (Å²) in [5.74, 6) is 0.646. The van der Waals surface area contributed by atoms with Gasteiger partial charge in [0.25, 0.3) is 0 Å². The molecule has 50 heavy (non-hydrogen) atoms. The van der Waals surface area contributed by atoms with E-state index in [1.54, 1.807) is 0 Å². The van der Waals surface area contributed by atoms with Crippen LogP contribution in [0.1, 0.15) is 0 Å². The first-order chi connectivity index (χ1) is 24.8. The second kappa shape index (κ2) is 11.4. The van der Waals surface area contributed by atoms with Gasteiger partial charge in [-0.2, -0.15) is 0 Å². The molecule has 0 atom stereocenters. The van der Waals surface area contributed by atoms with Crippen molar-refractivity contribution in [1.29, 1.82) is 0 Å². The topological polar surface area (TPSA) is 43.9 Å². The van der Waals surface area contributed by atoms with E-state index in [0.717, 1.165) is 77.9 Å². The number of fused-ring (bicyclic) bond motifs is 6. The summed E-state index contributed by atoms with van der Waals surface area (Å²) in [5.41, 5.74) is 12.0. The molecular weight excluding hydrogens is 611 g/mol. The zero-order chi connectivity index (χ0) is 33.0. The highest BCUT2D eigenvalue weighted by molar-refractivity contribution is 6.21. The van der Waals surface area contributed by atoms with Gasteiger partial charge in [-0.25, -0.2) is 9.97 Å². The van der Waals surface area contributed by atoms with Gasteiger partial charge in [0.2, 0.25) is 0 Å². The lowest BCUT2D eigenvalue weighted by atomic mass is 9.93. The van der Waals surface area contributed by atoms with Gasteiger partial charge >= 0.3 is 0 Å². The van der Waals surface area contributed by atoms with Gasteiger partial charge in [-0.05, 0) is 59.7 Å². The first kappa shape index (κ1) is 28.3. The highest BCUT2D eigenvalue weighted by Crippen LogP contribution is 2.45. The van der Waals surface area contributed by atoms with Crippen LogP contribution in [0.5, 0.6) is 0 Å². The highest BCUT2D eigenvalue weighted by atomic mass is 16.3. The minimum Gasteiger partial charge on any atom is -0.456 e. The Hall–Kier alpha value is -6.78. The number of para-hydroxylation sites is 3. The summed E-state index contributed by atoms with van der Waals surface area (Å²) < 4.78 is 8.98. The molecule has 234 valence electrons. The summed E-state index contributed by atoms with van der Waals surface area (Å²) in [7, 11) is 0. The van der Waals surface area contributed by atoms with Crippen molar-refractivity contribution in [3.8, 4) is 50.7 Å². The fourth-order valence-corrected chi connectivity index (χ4v) is 7.38. The normalized spacial score (nSPS) is 11.6. The second-order valence-corrected chi connectivity index (χ2v) is 12.6. The van der Waals surface area contributed by atoms with Crippen LogP contribution in [0.4, 0.5) is 0 Å². The van der Waals surface area contributed by atoms with E-state index in [-0.39, 0.29) is 0 Å². The third kappa shape index (κ3) is 4.54. The Labute approximate surface area is 288 Å². The van der Waals surface area contributed by atoms with Crippen LogP contribution < -0.4 is 0 Å². The van der Waals surface area contributed by atoms with Gasteiger partial charge < -0.3 is 8.98 Å². The molecule has 3 aromatic heterocycles. The Bertz CT molecular complexity index is 2800. The molecule has 0 aliphatic heterocycles. The molecule has 0 N–H and O–H groups in total. The quantitative estimate of drug-likeness (QED) is 0.188. The number of hydrogen-bond donors (Lipinski definition) is 0. The third-order valence-corrected chi connectivity index (χ3v) is 9.60. The lowest BCUT2D eigenvalue weighted by Crippen LogP contribution is -1.96. The molecule has 0 saturated heterocycles. The molecule has 0 bridgehead atoms. The van der Waals surface area contributed by atoms with Crippen LogP contribution in [0.25, 0.3) is 94.5 Å². The highest BCUT2D eigenvalue weighted by Gasteiger charge is 2.21. The van der Waals surface area contributed by atoms with Crippen LogP contribution in [0.2, 0.25) is 0 Å². The largest absolute Gasteiger partial charge is 0.456 e. The molecule has 0 amide bonds. The van der Waals surface area contributed by atoms with Crippen molar-refractivity contribution in [2.45, 2.75) is 0 Å². The lowest BCUT2D eigenvalue weighted by molar-refractivity contribution is 0.669. The Morgan fingerprint density at radius 2 is 1.00 bits per heavy atom. The van der Waals surface area contributed by atoms with Gasteiger partial charge in [0.1, 0.15) is 11.2 Å².